The van der Waals surface area contributed by atoms with Gasteiger partial charge in [0.15, 0.2) is 0 Å². The number of aliphatic hydroxyl groups excluding tert-OH is 1. The van der Waals surface area contributed by atoms with Crippen LogP contribution in [-0.4, -0.2) is 52.9 Å². The van der Waals surface area contributed by atoms with Crippen molar-refractivity contribution in [3.8, 4) is 0 Å². The molecule has 3 unspecified atom stereocenters. The molecule has 1 saturated heterocycles. The van der Waals surface area contributed by atoms with Crippen LogP contribution >= 0.6 is 0 Å². The molecule has 0 aliphatic carbocycles. The van der Waals surface area contributed by atoms with Crippen molar-refractivity contribution in [3.05, 3.63) is 0 Å². The Balaban J connectivity index is 2.51. The van der Waals surface area contributed by atoms with E-state index in [-0.39, 0.29) is 37.1 Å². The SMILES string of the molecule is CC(C)CC(CNC(=O)N1CCC(C)C1CO)C(=O)O. The second-order valence-electron chi connectivity index (χ2n) is 6.06. The number of carbonyl (C=O) groups is 2. The van der Waals surface area contributed by atoms with Crippen LogP contribution in [0.25, 0.3) is 0 Å². The fraction of sp³-hybridized carbons (Fsp3) is 0.857. The van der Waals surface area contributed by atoms with Crippen LogP contribution < -0.4 is 5.32 Å². The van der Waals surface area contributed by atoms with Gasteiger partial charge in [0, 0.05) is 13.1 Å². The van der Waals surface area contributed by atoms with Gasteiger partial charge in [-0.25, -0.2) is 4.79 Å². The number of likely N-dealkylation sites (tertiary alicyclic amines) is 1. The smallest absolute Gasteiger partial charge is 0.317 e. The molecule has 0 aromatic carbocycles. The third-order valence-electron chi connectivity index (χ3n) is 3.94. The van der Waals surface area contributed by atoms with Crippen molar-refractivity contribution in [1.82, 2.24) is 10.2 Å². The fourth-order valence-electron chi connectivity index (χ4n) is 2.69. The van der Waals surface area contributed by atoms with Crippen molar-refractivity contribution in [2.45, 2.75) is 39.7 Å². The van der Waals surface area contributed by atoms with Crippen molar-refractivity contribution >= 4 is 12.0 Å². The molecule has 3 N–H and O–H groups in total. The zero-order valence-corrected chi connectivity index (χ0v) is 12.5. The van der Waals surface area contributed by atoms with E-state index in [1.54, 1.807) is 4.90 Å². The van der Waals surface area contributed by atoms with Crippen LogP contribution in [-0.2, 0) is 4.79 Å². The summed E-state index contributed by atoms with van der Waals surface area (Å²) in [5, 5.41) is 21.2. The second-order valence-corrected chi connectivity index (χ2v) is 6.06. The molecule has 0 spiro atoms. The minimum atomic E-state index is -0.882. The van der Waals surface area contributed by atoms with Crippen LogP contribution in [0.2, 0.25) is 0 Å². The van der Waals surface area contributed by atoms with Gasteiger partial charge < -0.3 is 20.4 Å². The number of carboxylic acids is 1. The molecule has 1 aliphatic rings. The molecule has 0 radical (unpaired) electrons. The lowest BCUT2D eigenvalue weighted by Gasteiger charge is -2.26. The normalized spacial score (nSPS) is 23.9. The summed E-state index contributed by atoms with van der Waals surface area (Å²) in [6.07, 6.45) is 1.41. The standard InChI is InChI=1S/C14H26N2O4/c1-9(2)6-11(13(18)19)7-15-14(20)16-5-4-10(3)12(16)8-17/h9-12,17H,4-8H2,1-3H3,(H,15,20)(H,18,19). The molecule has 6 heteroatoms. The van der Waals surface area contributed by atoms with E-state index in [2.05, 4.69) is 5.32 Å². The predicted molar refractivity (Wildman–Crippen MR) is 75.3 cm³/mol. The van der Waals surface area contributed by atoms with Crippen molar-refractivity contribution in [2.24, 2.45) is 17.8 Å². The lowest BCUT2D eigenvalue weighted by atomic mass is 9.97. The minimum Gasteiger partial charge on any atom is -0.481 e. The molecule has 20 heavy (non-hydrogen) atoms. The second kappa shape index (κ2) is 7.47. The van der Waals surface area contributed by atoms with Crippen LogP contribution in [0.4, 0.5) is 4.79 Å². The number of carbonyl (C=O) groups excluding carboxylic acids is 1. The monoisotopic (exact) mass is 286 g/mol. The Morgan fingerprint density at radius 3 is 2.55 bits per heavy atom. The average Bonchev–Trinajstić information content (AvgIpc) is 2.74. The molecular formula is C14H26N2O4. The molecule has 1 rings (SSSR count). The van der Waals surface area contributed by atoms with E-state index in [9.17, 15) is 14.7 Å². The summed E-state index contributed by atoms with van der Waals surface area (Å²) in [5.74, 6) is -0.902. The van der Waals surface area contributed by atoms with E-state index < -0.39 is 11.9 Å². The van der Waals surface area contributed by atoms with Gasteiger partial charge in [0.2, 0.25) is 0 Å². The van der Waals surface area contributed by atoms with E-state index in [1.807, 2.05) is 20.8 Å². The number of urea groups is 1. The van der Waals surface area contributed by atoms with Gasteiger partial charge in [-0.05, 0) is 24.7 Å². The first-order valence-corrected chi connectivity index (χ1v) is 7.24. The van der Waals surface area contributed by atoms with Crippen LogP contribution in [0.3, 0.4) is 0 Å². The van der Waals surface area contributed by atoms with Gasteiger partial charge >= 0.3 is 12.0 Å². The Hall–Kier alpha value is -1.30. The number of amides is 2. The number of hydrogen-bond acceptors (Lipinski definition) is 3. The zero-order chi connectivity index (χ0) is 15.3. The molecular weight excluding hydrogens is 260 g/mol. The number of aliphatic carboxylic acids is 1. The fourth-order valence-corrected chi connectivity index (χ4v) is 2.69. The summed E-state index contributed by atoms with van der Waals surface area (Å²) in [4.78, 5) is 24.8. The van der Waals surface area contributed by atoms with Gasteiger partial charge in [-0.1, -0.05) is 20.8 Å². The molecule has 0 bridgehead atoms. The van der Waals surface area contributed by atoms with E-state index >= 15 is 0 Å². The molecule has 0 aromatic heterocycles. The Bertz CT molecular complexity index is 346. The van der Waals surface area contributed by atoms with Gasteiger partial charge in [-0.3, -0.25) is 4.79 Å². The first-order chi connectivity index (χ1) is 9.36. The Labute approximate surface area is 120 Å². The summed E-state index contributed by atoms with van der Waals surface area (Å²) in [5.41, 5.74) is 0. The number of aliphatic hydroxyl groups is 1. The highest BCUT2D eigenvalue weighted by Gasteiger charge is 2.34. The maximum Gasteiger partial charge on any atom is 0.317 e. The van der Waals surface area contributed by atoms with E-state index in [1.165, 1.54) is 0 Å². The average molecular weight is 286 g/mol. The molecule has 0 aromatic rings. The first kappa shape index (κ1) is 16.8. The molecule has 1 aliphatic heterocycles. The molecule has 1 fully saturated rings. The summed E-state index contributed by atoms with van der Waals surface area (Å²) >= 11 is 0. The summed E-state index contributed by atoms with van der Waals surface area (Å²) < 4.78 is 0. The van der Waals surface area contributed by atoms with Crippen LogP contribution in [0.15, 0.2) is 0 Å². The summed E-state index contributed by atoms with van der Waals surface area (Å²) in [6.45, 7) is 6.62. The predicted octanol–water partition coefficient (Wildman–Crippen LogP) is 1.15. The van der Waals surface area contributed by atoms with Gasteiger partial charge in [-0.2, -0.15) is 0 Å². The van der Waals surface area contributed by atoms with Crippen molar-refractivity contribution < 1.29 is 19.8 Å². The minimum absolute atomic E-state index is 0.0526. The third-order valence-corrected chi connectivity index (χ3v) is 3.94. The van der Waals surface area contributed by atoms with Crippen molar-refractivity contribution in [3.63, 3.8) is 0 Å². The van der Waals surface area contributed by atoms with Gasteiger partial charge in [0.25, 0.3) is 0 Å². The van der Waals surface area contributed by atoms with Crippen LogP contribution in [0.1, 0.15) is 33.6 Å². The summed E-state index contributed by atoms with van der Waals surface area (Å²) in [6, 6.07) is -0.438. The Kier molecular flexibility index (Phi) is 6.26. The number of carboxylic acid groups (broad SMARTS) is 1. The van der Waals surface area contributed by atoms with Crippen LogP contribution in [0, 0.1) is 17.8 Å². The lowest BCUT2D eigenvalue weighted by molar-refractivity contribution is -0.142. The highest BCUT2D eigenvalue weighted by molar-refractivity contribution is 5.76. The first-order valence-electron chi connectivity index (χ1n) is 7.24. The van der Waals surface area contributed by atoms with E-state index in [0.29, 0.717) is 13.0 Å². The molecule has 116 valence electrons. The number of nitrogens with one attached hydrogen (secondary N) is 1. The number of rotatable bonds is 6. The number of nitrogens with zero attached hydrogens (tertiary/aromatic N) is 1. The third kappa shape index (κ3) is 4.37. The quantitative estimate of drug-likeness (QED) is 0.683. The van der Waals surface area contributed by atoms with Gasteiger partial charge in [0.1, 0.15) is 0 Å². The highest BCUT2D eigenvalue weighted by atomic mass is 16.4. The van der Waals surface area contributed by atoms with Crippen molar-refractivity contribution in [1.29, 1.82) is 0 Å². The van der Waals surface area contributed by atoms with Crippen LogP contribution in [0.5, 0.6) is 0 Å². The highest BCUT2D eigenvalue weighted by Crippen LogP contribution is 2.23. The zero-order valence-electron chi connectivity index (χ0n) is 12.5. The number of hydrogen-bond donors (Lipinski definition) is 3. The maximum absolute atomic E-state index is 12.1. The van der Waals surface area contributed by atoms with Crippen molar-refractivity contribution in [2.75, 3.05) is 19.7 Å². The molecule has 3 atom stereocenters. The molecule has 2 amide bonds. The maximum atomic E-state index is 12.1. The molecule has 1 heterocycles. The van der Waals surface area contributed by atoms with Gasteiger partial charge in [0.05, 0.1) is 18.6 Å². The Morgan fingerprint density at radius 2 is 2.05 bits per heavy atom. The largest absolute Gasteiger partial charge is 0.481 e. The van der Waals surface area contributed by atoms with E-state index in [0.717, 1.165) is 6.42 Å². The molecule has 0 saturated carbocycles. The Morgan fingerprint density at radius 1 is 1.40 bits per heavy atom. The molecule has 6 nitrogen and oxygen atoms in total. The van der Waals surface area contributed by atoms with Gasteiger partial charge in [-0.15, -0.1) is 0 Å². The lowest BCUT2D eigenvalue weighted by Crippen LogP contribution is -2.47. The van der Waals surface area contributed by atoms with E-state index in [4.69, 9.17) is 5.11 Å². The topological polar surface area (TPSA) is 89.9 Å². The summed E-state index contributed by atoms with van der Waals surface area (Å²) in [7, 11) is 0.